The molecule has 2 aromatic rings. The first-order valence-corrected chi connectivity index (χ1v) is 9.60. The molecule has 0 atom stereocenters. The van der Waals surface area contributed by atoms with E-state index in [9.17, 15) is 14.4 Å². The summed E-state index contributed by atoms with van der Waals surface area (Å²) in [6.45, 7) is 1.90. The molecule has 0 saturated heterocycles. The second-order valence-corrected chi connectivity index (χ2v) is 6.87. The Kier molecular flexibility index (Phi) is 8.21. The molecule has 2 rings (SSSR count). The molecule has 0 unspecified atom stereocenters. The summed E-state index contributed by atoms with van der Waals surface area (Å²) in [6.07, 6.45) is 1.55. The molecular formula is C22H28N4O3. The molecule has 0 radical (unpaired) electrons. The lowest BCUT2D eigenvalue weighted by Crippen LogP contribution is -2.22. The highest BCUT2D eigenvalue weighted by Gasteiger charge is 2.06. The van der Waals surface area contributed by atoms with E-state index in [-0.39, 0.29) is 24.3 Å². The Morgan fingerprint density at radius 3 is 2.07 bits per heavy atom. The zero-order valence-electron chi connectivity index (χ0n) is 17.1. The molecule has 29 heavy (non-hydrogen) atoms. The van der Waals surface area contributed by atoms with Gasteiger partial charge in [-0.2, -0.15) is 0 Å². The number of aryl methyl sites for hydroxylation is 1. The summed E-state index contributed by atoms with van der Waals surface area (Å²) < 4.78 is 0. The van der Waals surface area contributed by atoms with Gasteiger partial charge < -0.3 is 20.9 Å². The van der Waals surface area contributed by atoms with E-state index in [1.165, 1.54) is 0 Å². The van der Waals surface area contributed by atoms with Gasteiger partial charge in [0.1, 0.15) is 0 Å². The number of carbonyl (C=O) groups is 3. The first kappa shape index (κ1) is 21.9. The van der Waals surface area contributed by atoms with Crippen LogP contribution in [0.5, 0.6) is 0 Å². The number of nitrogens with zero attached hydrogens (tertiary/aromatic N) is 1. The Morgan fingerprint density at radius 1 is 0.862 bits per heavy atom. The van der Waals surface area contributed by atoms with Crippen molar-refractivity contribution in [3.05, 3.63) is 54.1 Å². The summed E-state index contributed by atoms with van der Waals surface area (Å²) in [6, 6.07) is 14.7. The minimum atomic E-state index is -0.190. The van der Waals surface area contributed by atoms with Gasteiger partial charge in [-0.05, 0) is 42.3 Å². The van der Waals surface area contributed by atoms with E-state index in [4.69, 9.17) is 0 Å². The maximum atomic E-state index is 12.2. The van der Waals surface area contributed by atoms with Gasteiger partial charge in [-0.25, -0.2) is 0 Å². The third-order valence-corrected chi connectivity index (χ3v) is 4.28. The van der Waals surface area contributed by atoms with E-state index >= 15 is 0 Å². The minimum Gasteiger partial charge on any atom is -0.376 e. The van der Waals surface area contributed by atoms with Crippen LogP contribution in [-0.2, 0) is 20.8 Å². The van der Waals surface area contributed by atoms with Gasteiger partial charge in [0.15, 0.2) is 0 Å². The highest BCUT2D eigenvalue weighted by molar-refractivity contribution is 5.95. The van der Waals surface area contributed by atoms with E-state index in [0.717, 1.165) is 11.3 Å². The molecule has 0 aliphatic rings. The van der Waals surface area contributed by atoms with Crippen molar-refractivity contribution in [3.8, 4) is 0 Å². The van der Waals surface area contributed by atoms with Gasteiger partial charge in [-0.15, -0.1) is 0 Å². The molecule has 7 heteroatoms. The van der Waals surface area contributed by atoms with Crippen LogP contribution in [0.4, 0.5) is 17.1 Å². The molecule has 0 aromatic heterocycles. The first-order valence-electron chi connectivity index (χ1n) is 9.60. The molecule has 3 N–H and O–H groups in total. The first-order chi connectivity index (χ1) is 13.9. The number of nitrogens with one attached hydrogen (secondary N) is 3. The lowest BCUT2D eigenvalue weighted by atomic mass is 10.1. The molecule has 2 aromatic carbocycles. The van der Waals surface area contributed by atoms with Crippen molar-refractivity contribution >= 4 is 34.8 Å². The maximum absolute atomic E-state index is 12.2. The third-order valence-electron chi connectivity index (χ3n) is 4.28. The molecule has 0 aliphatic carbocycles. The van der Waals surface area contributed by atoms with Crippen molar-refractivity contribution in [3.63, 3.8) is 0 Å². The average molecular weight is 396 g/mol. The number of amides is 3. The fourth-order valence-corrected chi connectivity index (χ4v) is 2.58. The summed E-state index contributed by atoms with van der Waals surface area (Å²) in [5.74, 6) is -0.170. The van der Waals surface area contributed by atoms with Gasteiger partial charge in [-0.1, -0.05) is 25.1 Å². The van der Waals surface area contributed by atoms with Crippen molar-refractivity contribution in [2.75, 3.05) is 36.6 Å². The number of benzene rings is 2. The van der Waals surface area contributed by atoms with Gasteiger partial charge in [0, 0.05) is 44.0 Å². The average Bonchev–Trinajstić information content (AvgIpc) is 2.71. The fraction of sp³-hybridized carbons (Fsp3) is 0.318. The van der Waals surface area contributed by atoms with Gasteiger partial charge in [0.2, 0.25) is 17.7 Å². The Labute approximate surface area is 171 Å². The van der Waals surface area contributed by atoms with Gasteiger partial charge >= 0.3 is 0 Å². The molecular weight excluding hydrogens is 368 g/mol. The summed E-state index contributed by atoms with van der Waals surface area (Å²) >= 11 is 0. The lowest BCUT2D eigenvalue weighted by Gasteiger charge is -2.11. The minimum absolute atomic E-state index is 0.0790. The molecule has 0 aliphatic heterocycles. The molecule has 7 nitrogen and oxygen atoms in total. The number of carbonyl (C=O) groups excluding carboxylic acids is 3. The van der Waals surface area contributed by atoms with Crippen LogP contribution in [0.25, 0.3) is 0 Å². The van der Waals surface area contributed by atoms with Crippen LogP contribution in [0.2, 0.25) is 0 Å². The molecule has 0 heterocycles. The summed E-state index contributed by atoms with van der Waals surface area (Å²) in [4.78, 5) is 36.9. The van der Waals surface area contributed by atoms with Crippen LogP contribution >= 0.6 is 0 Å². The largest absolute Gasteiger partial charge is 0.376 e. The highest BCUT2D eigenvalue weighted by atomic mass is 16.2. The SMILES string of the molecule is CCC(=O)Nc1cccc(NC(=O)CNc2ccc(CCC(=O)N(C)C)cc2)c1. The predicted molar refractivity (Wildman–Crippen MR) is 116 cm³/mol. The quantitative estimate of drug-likeness (QED) is 0.607. The monoisotopic (exact) mass is 396 g/mol. The van der Waals surface area contributed by atoms with Crippen LogP contribution in [0.1, 0.15) is 25.3 Å². The number of hydrogen-bond donors (Lipinski definition) is 3. The van der Waals surface area contributed by atoms with Crippen molar-refractivity contribution in [2.45, 2.75) is 26.2 Å². The molecule has 0 spiro atoms. The highest BCUT2D eigenvalue weighted by Crippen LogP contribution is 2.16. The summed E-state index contributed by atoms with van der Waals surface area (Å²) in [7, 11) is 3.50. The van der Waals surface area contributed by atoms with Crippen LogP contribution in [0, 0.1) is 0 Å². The Morgan fingerprint density at radius 2 is 1.48 bits per heavy atom. The Bertz CT molecular complexity index is 847. The topological polar surface area (TPSA) is 90.5 Å². The molecule has 154 valence electrons. The zero-order valence-corrected chi connectivity index (χ0v) is 17.1. The van der Waals surface area contributed by atoms with Crippen LogP contribution in [0.15, 0.2) is 48.5 Å². The van der Waals surface area contributed by atoms with Crippen molar-refractivity contribution < 1.29 is 14.4 Å². The van der Waals surface area contributed by atoms with E-state index in [0.29, 0.717) is 30.6 Å². The smallest absolute Gasteiger partial charge is 0.243 e. The Balaban J connectivity index is 1.81. The summed E-state index contributed by atoms with van der Waals surface area (Å²) in [5.41, 5.74) is 3.16. The van der Waals surface area contributed by atoms with Crippen molar-refractivity contribution in [1.29, 1.82) is 0 Å². The lowest BCUT2D eigenvalue weighted by molar-refractivity contribution is -0.128. The van der Waals surface area contributed by atoms with Crippen molar-refractivity contribution in [1.82, 2.24) is 4.90 Å². The fourth-order valence-electron chi connectivity index (χ4n) is 2.58. The van der Waals surface area contributed by atoms with Crippen LogP contribution < -0.4 is 16.0 Å². The number of anilines is 3. The van der Waals surface area contributed by atoms with Crippen LogP contribution in [0.3, 0.4) is 0 Å². The molecule has 3 amide bonds. The van der Waals surface area contributed by atoms with Gasteiger partial charge in [0.25, 0.3) is 0 Å². The molecule has 0 saturated carbocycles. The standard InChI is InChI=1S/C22H28N4O3/c1-4-20(27)24-18-6-5-7-19(14-18)25-21(28)15-23-17-11-8-16(9-12-17)10-13-22(29)26(2)3/h5-9,11-12,14,23H,4,10,13,15H2,1-3H3,(H,24,27)(H,25,28). The predicted octanol–water partition coefficient (Wildman–Crippen LogP) is 3.11. The van der Waals surface area contributed by atoms with E-state index in [1.54, 1.807) is 50.2 Å². The molecule has 0 bridgehead atoms. The third kappa shape index (κ3) is 7.65. The Hall–Kier alpha value is -3.35. The van der Waals surface area contributed by atoms with E-state index < -0.39 is 0 Å². The van der Waals surface area contributed by atoms with Gasteiger partial charge in [0.05, 0.1) is 6.54 Å². The van der Waals surface area contributed by atoms with E-state index in [2.05, 4.69) is 16.0 Å². The maximum Gasteiger partial charge on any atom is 0.243 e. The number of hydrogen-bond acceptors (Lipinski definition) is 4. The normalized spacial score (nSPS) is 10.2. The number of rotatable bonds is 9. The van der Waals surface area contributed by atoms with Crippen molar-refractivity contribution in [2.24, 2.45) is 0 Å². The van der Waals surface area contributed by atoms with Crippen LogP contribution in [-0.4, -0.2) is 43.3 Å². The van der Waals surface area contributed by atoms with Gasteiger partial charge in [-0.3, -0.25) is 14.4 Å². The zero-order chi connectivity index (χ0) is 21.2. The summed E-state index contributed by atoms with van der Waals surface area (Å²) in [5, 5.41) is 8.64. The second-order valence-electron chi connectivity index (χ2n) is 6.87. The molecule has 0 fully saturated rings. The van der Waals surface area contributed by atoms with E-state index in [1.807, 2.05) is 24.3 Å². The second kappa shape index (κ2) is 10.8.